The van der Waals surface area contributed by atoms with Gasteiger partial charge in [0.2, 0.25) is 11.8 Å². The maximum atomic E-state index is 9.95. The monoisotopic (exact) mass is 450 g/mol. The molecule has 0 unspecified atom stereocenters. The third-order valence-corrected chi connectivity index (χ3v) is 5.79. The molecule has 3 N–H and O–H groups in total. The lowest BCUT2D eigenvalue weighted by atomic mass is 9.83. The van der Waals surface area contributed by atoms with Crippen LogP contribution in [-0.4, -0.2) is 17.3 Å². The molecule has 1 aliphatic heterocycles. The van der Waals surface area contributed by atoms with Gasteiger partial charge < -0.3 is 19.9 Å². The lowest BCUT2D eigenvalue weighted by molar-refractivity contribution is 0.299. The van der Waals surface area contributed by atoms with E-state index in [2.05, 4.69) is 16.3 Å². The standard InChI is InChI=1S/C27H22N4O3/c1-32-23-14-18(12-13-20(23)17-8-4-2-5-9-17)24-21(15-28)26(29)34-27-25(24)22(30-31-27)16-33-19-10-6-3-7-11-19/h2-14,24H,16,29H2,1H3,(H,30,31)/t24-/m0/s1. The molecule has 2 heterocycles. The summed E-state index contributed by atoms with van der Waals surface area (Å²) < 4.78 is 17.3. The fourth-order valence-electron chi connectivity index (χ4n) is 4.17. The minimum absolute atomic E-state index is 0.0353. The van der Waals surface area contributed by atoms with Gasteiger partial charge in [0, 0.05) is 5.56 Å². The first-order chi connectivity index (χ1) is 16.7. The summed E-state index contributed by atoms with van der Waals surface area (Å²) in [7, 11) is 1.63. The molecule has 4 aromatic rings. The zero-order chi connectivity index (χ0) is 23.5. The minimum atomic E-state index is -0.486. The number of nitrogens with zero attached hydrogens (tertiary/aromatic N) is 2. The molecule has 1 aromatic heterocycles. The van der Waals surface area contributed by atoms with Crippen molar-refractivity contribution in [3.63, 3.8) is 0 Å². The number of nitrogens with two attached hydrogens (primary N) is 1. The van der Waals surface area contributed by atoms with Crippen LogP contribution in [0.5, 0.6) is 17.4 Å². The molecule has 1 aliphatic rings. The van der Waals surface area contributed by atoms with E-state index in [1.165, 1.54) is 0 Å². The number of nitrogens with one attached hydrogen (secondary N) is 1. The molecular weight excluding hydrogens is 428 g/mol. The van der Waals surface area contributed by atoms with Gasteiger partial charge in [0.05, 0.1) is 24.3 Å². The molecule has 34 heavy (non-hydrogen) atoms. The van der Waals surface area contributed by atoms with Gasteiger partial charge in [0.25, 0.3) is 0 Å². The van der Waals surface area contributed by atoms with Crippen LogP contribution >= 0.6 is 0 Å². The number of para-hydroxylation sites is 1. The molecule has 0 saturated carbocycles. The second kappa shape index (κ2) is 9.04. The van der Waals surface area contributed by atoms with Crippen molar-refractivity contribution in [3.05, 3.63) is 107 Å². The fraction of sp³-hybridized carbons (Fsp3) is 0.111. The summed E-state index contributed by atoms with van der Waals surface area (Å²) in [6.45, 7) is 0.226. The number of methoxy groups -OCH3 is 1. The highest BCUT2D eigenvalue weighted by molar-refractivity contribution is 5.72. The van der Waals surface area contributed by atoms with E-state index < -0.39 is 5.92 Å². The van der Waals surface area contributed by atoms with Gasteiger partial charge in [-0.3, -0.25) is 5.10 Å². The number of aromatic nitrogens is 2. The van der Waals surface area contributed by atoms with Crippen molar-refractivity contribution in [1.82, 2.24) is 10.2 Å². The Morgan fingerprint density at radius 1 is 1.06 bits per heavy atom. The van der Waals surface area contributed by atoms with Crippen LogP contribution < -0.4 is 19.9 Å². The van der Waals surface area contributed by atoms with Crippen LogP contribution in [0.1, 0.15) is 22.7 Å². The number of hydrogen-bond acceptors (Lipinski definition) is 6. The summed E-state index contributed by atoms with van der Waals surface area (Å²) in [6, 6.07) is 27.6. The van der Waals surface area contributed by atoms with Crippen molar-refractivity contribution in [2.75, 3.05) is 7.11 Å². The van der Waals surface area contributed by atoms with Crippen molar-refractivity contribution in [3.8, 4) is 34.6 Å². The lowest BCUT2D eigenvalue weighted by Gasteiger charge is -2.25. The molecule has 0 fully saturated rings. The first kappa shape index (κ1) is 21.2. The Balaban J connectivity index is 1.57. The second-order valence-corrected chi connectivity index (χ2v) is 7.77. The van der Waals surface area contributed by atoms with Crippen molar-refractivity contribution in [1.29, 1.82) is 5.26 Å². The van der Waals surface area contributed by atoms with Crippen LogP contribution in [0.3, 0.4) is 0 Å². The SMILES string of the molecule is COc1cc([C@H]2C(C#N)=C(N)Oc3n[nH]c(COc4ccccc4)c32)ccc1-c1ccccc1. The van der Waals surface area contributed by atoms with Crippen molar-refractivity contribution < 1.29 is 14.2 Å². The number of rotatable bonds is 6. The lowest BCUT2D eigenvalue weighted by Crippen LogP contribution is -2.21. The molecule has 1 atom stereocenters. The van der Waals surface area contributed by atoms with Crippen LogP contribution in [0.25, 0.3) is 11.1 Å². The number of ether oxygens (including phenoxy) is 3. The van der Waals surface area contributed by atoms with E-state index >= 15 is 0 Å². The predicted molar refractivity (Wildman–Crippen MR) is 127 cm³/mol. The predicted octanol–water partition coefficient (Wildman–Crippen LogP) is 4.88. The van der Waals surface area contributed by atoms with Crippen molar-refractivity contribution in [2.45, 2.75) is 12.5 Å². The van der Waals surface area contributed by atoms with Crippen LogP contribution in [0, 0.1) is 11.3 Å². The molecule has 0 spiro atoms. The van der Waals surface area contributed by atoms with Gasteiger partial charge in [-0.2, -0.15) is 5.26 Å². The Morgan fingerprint density at radius 2 is 1.79 bits per heavy atom. The molecule has 0 radical (unpaired) electrons. The number of allylic oxidation sites excluding steroid dienone is 1. The normalized spacial score (nSPS) is 14.6. The van der Waals surface area contributed by atoms with E-state index in [9.17, 15) is 5.26 Å². The Kier molecular flexibility index (Phi) is 5.63. The quantitative estimate of drug-likeness (QED) is 0.434. The van der Waals surface area contributed by atoms with Crippen LogP contribution in [-0.2, 0) is 6.61 Å². The molecule has 0 aliphatic carbocycles. The average Bonchev–Trinajstić information content (AvgIpc) is 3.29. The highest BCUT2D eigenvalue weighted by Crippen LogP contribution is 2.45. The van der Waals surface area contributed by atoms with E-state index in [0.29, 0.717) is 22.9 Å². The first-order valence-electron chi connectivity index (χ1n) is 10.8. The fourth-order valence-corrected chi connectivity index (χ4v) is 4.17. The van der Waals surface area contributed by atoms with Gasteiger partial charge in [0.1, 0.15) is 29.7 Å². The first-order valence-corrected chi connectivity index (χ1v) is 10.8. The van der Waals surface area contributed by atoms with Crippen molar-refractivity contribution in [2.24, 2.45) is 5.73 Å². The minimum Gasteiger partial charge on any atom is -0.496 e. The molecule has 0 amide bonds. The van der Waals surface area contributed by atoms with E-state index in [1.54, 1.807) is 7.11 Å². The molecule has 7 nitrogen and oxygen atoms in total. The summed E-state index contributed by atoms with van der Waals surface area (Å²) in [4.78, 5) is 0. The number of aromatic amines is 1. The second-order valence-electron chi connectivity index (χ2n) is 7.77. The average molecular weight is 450 g/mol. The largest absolute Gasteiger partial charge is 0.496 e. The summed E-state index contributed by atoms with van der Waals surface area (Å²) in [5, 5.41) is 17.2. The third kappa shape index (κ3) is 3.82. The van der Waals surface area contributed by atoms with E-state index in [4.69, 9.17) is 19.9 Å². The Hall–Kier alpha value is -4.70. The number of fused-ring (bicyclic) bond motifs is 1. The van der Waals surface area contributed by atoms with Crippen LogP contribution in [0.2, 0.25) is 0 Å². The molecule has 5 rings (SSSR count). The summed E-state index contributed by atoms with van der Waals surface area (Å²) in [5.41, 5.74) is 10.7. The van der Waals surface area contributed by atoms with E-state index in [-0.39, 0.29) is 12.5 Å². The molecular formula is C27H22N4O3. The van der Waals surface area contributed by atoms with Gasteiger partial charge in [0.15, 0.2) is 0 Å². The zero-order valence-electron chi connectivity index (χ0n) is 18.5. The van der Waals surface area contributed by atoms with Crippen LogP contribution in [0.4, 0.5) is 0 Å². The maximum absolute atomic E-state index is 9.95. The Morgan fingerprint density at radius 3 is 2.50 bits per heavy atom. The topological polar surface area (TPSA) is 106 Å². The maximum Gasteiger partial charge on any atom is 0.244 e. The smallest absolute Gasteiger partial charge is 0.244 e. The summed E-state index contributed by atoms with van der Waals surface area (Å²) in [6.07, 6.45) is 0. The van der Waals surface area contributed by atoms with E-state index in [1.807, 2.05) is 78.9 Å². The Labute approximate surface area is 197 Å². The van der Waals surface area contributed by atoms with Gasteiger partial charge in [-0.05, 0) is 29.3 Å². The molecule has 0 saturated heterocycles. The molecule has 0 bridgehead atoms. The summed E-state index contributed by atoms with van der Waals surface area (Å²) >= 11 is 0. The molecule has 168 valence electrons. The van der Waals surface area contributed by atoms with E-state index in [0.717, 1.165) is 28.0 Å². The van der Waals surface area contributed by atoms with Gasteiger partial charge >= 0.3 is 0 Å². The Bertz CT molecular complexity index is 1390. The molecule has 7 heteroatoms. The number of nitriles is 1. The highest BCUT2D eigenvalue weighted by Gasteiger charge is 2.35. The number of hydrogen-bond donors (Lipinski definition) is 2. The van der Waals surface area contributed by atoms with Gasteiger partial charge in [-0.15, -0.1) is 5.10 Å². The third-order valence-electron chi connectivity index (χ3n) is 5.79. The molecule has 3 aromatic carbocycles. The van der Waals surface area contributed by atoms with Crippen LogP contribution in [0.15, 0.2) is 90.3 Å². The van der Waals surface area contributed by atoms with Gasteiger partial charge in [-0.1, -0.05) is 60.7 Å². The zero-order valence-corrected chi connectivity index (χ0v) is 18.5. The number of benzene rings is 3. The highest BCUT2D eigenvalue weighted by atomic mass is 16.5. The number of H-pyrrole nitrogens is 1. The summed E-state index contributed by atoms with van der Waals surface area (Å²) in [5.74, 6) is 1.30. The van der Waals surface area contributed by atoms with Crippen molar-refractivity contribution >= 4 is 0 Å². The van der Waals surface area contributed by atoms with Gasteiger partial charge in [-0.25, -0.2) is 0 Å².